The molecule has 0 aliphatic heterocycles. The Bertz CT molecular complexity index is 1360. The number of aromatic nitrogens is 2. The molecule has 38 heavy (non-hydrogen) atoms. The molecule has 196 valence electrons. The van der Waals surface area contributed by atoms with E-state index in [0.29, 0.717) is 36.7 Å². The molecule has 0 saturated carbocycles. The number of hydrogen-bond acceptors (Lipinski definition) is 6. The van der Waals surface area contributed by atoms with E-state index in [1.165, 1.54) is 0 Å². The van der Waals surface area contributed by atoms with Gasteiger partial charge in [0, 0.05) is 24.6 Å². The van der Waals surface area contributed by atoms with Crippen molar-refractivity contribution >= 4 is 17.7 Å². The smallest absolute Gasteiger partial charge is 0.408 e. The van der Waals surface area contributed by atoms with Crippen molar-refractivity contribution in [3.63, 3.8) is 0 Å². The average Bonchev–Trinajstić information content (AvgIpc) is 3.35. The summed E-state index contributed by atoms with van der Waals surface area (Å²) in [7, 11) is 0. The first-order chi connectivity index (χ1) is 18.5. The second kappa shape index (κ2) is 13.1. The molecule has 4 aromatic rings. The zero-order chi connectivity index (χ0) is 26.7. The van der Waals surface area contributed by atoms with Crippen LogP contribution in [0.25, 0.3) is 0 Å². The lowest BCUT2D eigenvalue weighted by molar-refractivity contribution is -0.118. The monoisotopic (exact) mass is 513 g/mol. The van der Waals surface area contributed by atoms with Crippen LogP contribution < -0.4 is 21.1 Å². The van der Waals surface area contributed by atoms with Gasteiger partial charge in [-0.1, -0.05) is 54.6 Å². The highest BCUT2D eigenvalue weighted by Crippen LogP contribution is 2.22. The first-order valence-corrected chi connectivity index (χ1v) is 12.3. The Morgan fingerprint density at radius 1 is 1.00 bits per heavy atom. The molecule has 0 radical (unpaired) electrons. The Morgan fingerprint density at radius 2 is 1.79 bits per heavy atom. The number of carbonyl (C=O) groups is 2. The van der Waals surface area contributed by atoms with Crippen LogP contribution in [0.15, 0.2) is 91.3 Å². The number of carbonyl (C=O) groups excluding carboxylic acids is 2. The molecule has 0 saturated heterocycles. The number of benzene rings is 3. The molecule has 1 aromatic heterocycles. The van der Waals surface area contributed by atoms with Gasteiger partial charge in [-0.3, -0.25) is 4.79 Å². The average molecular weight is 514 g/mol. The van der Waals surface area contributed by atoms with Crippen molar-refractivity contribution in [3.8, 4) is 5.75 Å². The molecule has 1 heterocycles. The van der Waals surface area contributed by atoms with Crippen molar-refractivity contribution in [1.82, 2.24) is 14.9 Å². The third-order valence-electron chi connectivity index (χ3n) is 5.88. The summed E-state index contributed by atoms with van der Waals surface area (Å²) in [5.41, 5.74) is 8.57. The van der Waals surface area contributed by atoms with Crippen molar-refractivity contribution in [3.05, 3.63) is 114 Å². The summed E-state index contributed by atoms with van der Waals surface area (Å²) in [6.45, 7) is 3.39. The van der Waals surface area contributed by atoms with Gasteiger partial charge in [0.05, 0.1) is 6.54 Å². The fourth-order valence-electron chi connectivity index (χ4n) is 3.86. The Labute approximate surface area is 221 Å². The predicted molar refractivity (Wildman–Crippen MR) is 144 cm³/mol. The summed E-state index contributed by atoms with van der Waals surface area (Å²) in [5, 5.41) is 5.57. The largest absolute Gasteiger partial charge is 0.492 e. The van der Waals surface area contributed by atoms with Crippen LogP contribution in [-0.2, 0) is 29.2 Å². The lowest BCUT2D eigenvalue weighted by Gasteiger charge is -2.20. The van der Waals surface area contributed by atoms with Gasteiger partial charge in [-0.2, -0.15) is 0 Å². The van der Waals surface area contributed by atoms with Crippen LogP contribution in [0.5, 0.6) is 5.75 Å². The maximum Gasteiger partial charge on any atom is 0.408 e. The predicted octanol–water partition coefficient (Wildman–Crippen LogP) is 4.34. The lowest BCUT2D eigenvalue weighted by atomic mass is 10.1. The number of amides is 2. The third kappa shape index (κ3) is 7.44. The minimum atomic E-state index is -1.03. The fraction of sp³-hybridized carbons (Fsp3) is 0.207. The van der Waals surface area contributed by atoms with Gasteiger partial charge in [-0.05, 0) is 47.9 Å². The van der Waals surface area contributed by atoms with E-state index in [9.17, 15) is 9.59 Å². The summed E-state index contributed by atoms with van der Waals surface area (Å²) in [4.78, 5) is 30.3. The van der Waals surface area contributed by atoms with E-state index in [1.807, 2.05) is 60.2 Å². The summed E-state index contributed by atoms with van der Waals surface area (Å²) < 4.78 is 13.3. The number of rotatable bonds is 11. The molecule has 9 nitrogen and oxygen atoms in total. The normalized spacial score (nSPS) is 11.4. The van der Waals surface area contributed by atoms with Crippen molar-refractivity contribution in [2.24, 2.45) is 5.73 Å². The van der Waals surface area contributed by atoms with E-state index in [4.69, 9.17) is 15.2 Å². The van der Waals surface area contributed by atoms with E-state index < -0.39 is 18.0 Å². The number of nitrogens with zero attached hydrogens (tertiary/aromatic N) is 2. The van der Waals surface area contributed by atoms with Gasteiger partial charge >= 0.3 is 6.09 Å². The fourth-order valence-corrected chi connectivity index (χ4v) is 3.86. The van der Waals surface area contributed by atoms with Crippen LogP contribution >= 0.6 is 0 Å². The van der Waals surface area contributed by atoms with E-state index in [2.05, 4.69) is 15.6 Å². The number of hydrogen-bond donors (Lipinski definition) is 3. The molecule has 1 atom stereocenters. The zero-order valence-electron chi connectivity index (χ0n) is 21.2. The van der Waals surface area contributed by atoms with E-state index in [0.717, 1.165) is 17.0 Å². The molecule has 9 heteroatoms. The van der Waals surface area contributed by atoms with Crippen molar-refractivity contribution in [1.29, 1.82) is 0 Å². The molecule has 2 amide bonds. The molecule has 0 aliphatic rings. The van der Waals surface area contributed by atoms with Gasteiger partial charge < -0.3 is 30.4 Å². The standard InChI is InChI=1S/C29H31N5O4/c1-21-31-13-14-34(21)15-16-37-26-12-6-10-24(18-26)27(28(35)32-25-11-5-9-23(17-25)19-30)33-29(36)38-20-22-7-3-2-4-8-22/h2-14,17-18,27H,15-16,19-20,30H2,1H3,(H,32,35)(H,33,36)/t27-/m0/s1. The van der Waals surface area contributed by atoms with E-state index in [1.54, 1.807) is 42.6 Å². The SMILES string of the molecule is Cc1nccn1CCOc1cccc([C@H](NC(=O)OCc2ccccc2)C(=O)Nc2cccc(CN)c2)c1. The maximum atomic E-state index is 13.4. The van der Waals surface area contributed by atoms with Crippen molar-refractivity contribution < 1.29 is 19.1 Å². The van der Waals surface area contributed by atoms with Gasteiger partial charge in [-0.15, -0.1) is 0 Å². The summed E-state index contributed by atoms with van der Waals surface area (Å²) in [5.74, 6) is 1.04. The first kappa shape index (κ1) is 26.4. The second-order valence-corrected chi connectivity index (χ2v) is 8.62. The minimum absolute atomic E-state index is 0.0797. The quantitative estimate of drug-likeness (QED) is 0.274. The summed E-state index contributed by atoms with van der Waals surface area (Å²) in [6.07, 6.45) is 2.91. The number of ether oxygens (including phenoxy) is 2. The summed E-state index contributed by atoms with van der Waals surface area (Å²) in [6, 6.07) is 22.6. The Morgan fingerprint density at radius 3 is 2.55 bits per heavy atom. The molecule has 0 unspecified atom stereocenters. The number of aryl methyl sites for hydroxylation is 1. The molecule has 4 N–H and O–H groups in total. The molecule has 0 fully saturated rings. The van der Waals surface area contributed by atoms with Crippen LogP contribution in [0, 0.1) is 6.92 Å². The molecule has 0 spiro atoms. The molecule has 4 rings (SSSR count). The van der Waals surface area contributed by atoms with Gasteiger partial charge in [0.2, 0.25) is 0 Å². The molecule has 0 aliphatic carbocycles. The maximum absolute atomic E-state index is 13.4. The molecule has 3 aromatic carbocycles. The van der Waals surface area contributed by atoms with Crippen molar-refractivity contribution in [2.45, 2.75) is 32.7 Å². The Kier molecular flexibility index (Phi) is 9.09. The number of nitrogens with two attached hydrogens (primary N) is 1. The van der Waals surface area contributed by atoms with Gasteiger partial charge in [0.15, 0.2) is 0 Å². The highest BCUT2D eigenvalue weighted by molar-refractivity contribution is 5.97. The van der Waals surface area contributed by atoms with E-state index in [-0.39, 0.29) is 6.61 Å². The van der Waals surface area contributed by atoms with Crippen LogP contribution in [0.1, 0.15) is 28.6 Å². The Balaban J connectivity index is 1.48. The molecular weight excluding hydrogens is 482 g/mol. The Hall–Kier alpha value is -4.63. The summed E-state index contributed by atoms with van der Waals surface area (Å²) >= 11 is 0. The van der Waals surface area contributed by atoms with Crippen molar-refractivity contribution in [2.75, 3.05) is 11.9 Å². The van der Waals surface area contributed by atoms with Gasteiger partial charge in [-0.25, -0.2) is 9.78 Å². The minimum Gasteiger partial charge on any atom is -0.492 e. The highest BCUT2D eigenvalue weighted by atomic mass is 16.5. The highest BCUT2D eigenvalue weighted by Gasteiger charge is 2.24. The van der Waals surface area contributed by atoms with Gasteiger partial charge in [0.25, 0.3) is 5.91 Å². The number of alkyl carbamates (subject to hydrolysis) is 1. The first-order valence-electron chi connectivity index (χ1n) is 12.3. The number of imidazole rings is 1. The van der Waals surface area contributed by atoms with Crippen LogP contribution in [0.2, 0.25) is 0 Å². The zero-order valence-corrected chi connectivity index (χ0v) is 21.2. The van der Waals surface area contributed by atoms with Crippen LogP contribution in [-0.4, -0.2) is 28.2 Å². The van der Waals surface area contributed by atoms with Crippen LogP contribution in [0.3, 0.4) is 0 Å². The number of nitrogens with one attached hydrogen (secondary N) is 2. The molecular formula is C29H31N5O4. The van der Waals surface area contributed by atoms with Crippen LogP contribution in [0.4, 0.5) is 10.5 Å². The van der Waals surface area contributed by atoms with E-state index >= 15 is 0 Å². The third-order valence-corrected chi connectivity index (χ3v) is 5.88. The second-order valence-electron chi connectivity index (χ2n) is 8.62. The molecule has 0 bridgehead atoms. The van der Waals surface area contributed by atoms with Gasteiger partial charge in [0.1, 0.15) is 30.8 Å². The topological polar surface area (TPSA) is 120 Å². The number of anilines is 1. The lowest BCUT2D eigenvalue weighted by Crippen LogP contribution is -2.37.